The van der Waals surface area contributed by atoms with Crippen molar-refractivity contribution >= 4 is 35.2 Å². The summed E-state index contributed by atoms with van der Waals surface area (Å²) in [5, 5.41) is 0.312. The molecule has 1 aromatic rings. The van der Waals surface area contributed by atoms with Gasteiger partial charge in [0.2, 0.25) is 12.0 Å². The van der Waals surface area contributed by atoms with E-state index in [0.29, 0.717) is 16.7 Å². The lowest BCUT2D eigenvalue weighted by Crippen LogP contribution is -2.25. The Morgan fingerprint density at radius 1 is 1.41 bits per heavy atom. The summed E-state index contributed by atoms with van der Waals surface area (Å²) in [4.78, 5) is 28.5. The quantitative estimate of drug-likeness (QED) is 0.580. The third kappa shape index (κ3) is 2.77. The van der Waals surface area contributed by atoms with E-state index in [4.69, 9.17) is 13.7 Å². The molecule has 2 heterocycles. The van der Waals surface area contributed by atoms with E-state index in [1.54, 1.807) is 31.3 Å². The van der Waals surface area contributed by atoms with Crippen LogP contribution >= 0.6 is 12.0 Å². The number of rotatable bonds is 1. The van der Waals surface area contributed by atoms with Gasteiger partial charge in [0.05, 0.1) is 0 Å². The third-order valence-electron chi connectivity index (χ3n) is 2.96. The van der Waals surface area contributed by atoms with Crippen molar-refractivity contribution in [3.63, 3.8) is 0 Å². The van der Waals surface area contributed by atoms with Crippen molar-refractivity contribution in [1.82, 2.24) is 4.90 Å². The maximum absolute atomic E-state index is 12.1. The van der Waals surface area contributed by atoms with Crippen molar-refractivity contribution in [2.24, 2.45) is 4.99 Å². The van der Waals surface area contributed by atoms with Gasteiger partial charge < -0.3 is 13.7 Å². The number of aliphatic imine (C=N–C) groups is 1. The first-order valence-corrected chi connectivity index (χ1v) is 7.12. The number of hydrogen-bond donors (Lipinski definition) is 0. The molecule has 0 aromatic heterocycles. The molecule has 0 saturated heterocycles. The molecule has 0 fully saturated rings. The zero-order chi connectivity index (χ0) is 15.7. The molecule has 1 amide bonds. The summed E-state index contributed by atoms with van der Waals surface area (Å²) in [5.41, 5.74) is 1.03. The minimum Gasteiger partial charge on any atom is -0.454 e. The molecule has 7 nitrogen and oxygen atoms in total. The number of nitrogens with zero attached hydrogens (tertiary/aromatic N) is 2. The van der Waals surface area contributed by atoms with E-state index in [9.17, 15) is 9.59 Å². The molecule has 8 heteroatoms. The number of hydrogen-bond acceptors (Lipinski definition) is 7. The number of fused-ring (bicyclic) bond motifs is 1. The second-order valence-electron chi connectivity index (χ2n) is 4.56. The second kappa shape index (κ2) is 5.72. The molecular formula is C14H12N2O5S. The van der Waals surface area contributed by atoms with E-state index < -0.39 is 5.97 Å². The zero-order valence-electron chi connectivity index (χ0n) is 11.9. The smallest absolute Gasteiger partial charge is 0.315 e. The maximum Gasteiger partial charge on any atom is 0.315 e. The van der Waals surface area contributed by atoms with Crippen LogP contribution in [0, 0.1) is 0 Å². The SMILES string of the molecule is CC(=O)OSC1=N/C(=C\c2ccc3c(c2)OCO3)C(=O)N1C. The lowest BCUT2D eigenvalue weighted by Gasteiger charge is -2.08. The van der Waals surface area contributed by atoms with Crippen LogP contribution in [0.4, 0.5) is 0 Å². The van der Waals surface area contributed by atoms with Crippen LogP contribution in [0.2, 0.25) is 0 Å². The number of amidine groups is 1. The van der Waals surface area contributed by atoms with Gasteiger partial charge in [-0.15, -0.1) is 0 Å². The molecule has 114 valence electrons. The minimum atomic E-state index is -0.457. The Morgan fingerprint density at radius 2 is 2.18 bits per heavy atom. The number of carbonyl (C=O) groups excluding carboxylic acids is 2. The first-order chi connectivity index (χ1) is 10.5. The fourth-order valence-corrected chi connectivity index (χ4v) is 2.43. The Morgan fingerprint density at radius 3 is 2.95 bits per heavy atom. The van der Waals surface area contributed by atoms with Gasteiger partial charge >= 0.3 is 5.97 Å². The van der Waals surface area contributed by atoms with Gasteiger partial charge in [0.1, 0.15) is 17.7 Å². The second-order valence-corrected chi connectivity index (χ2v) is 5.26. The van der Waals surface area contributed by atoms with Gasteiger partial charge in [-0.2, -0.15) is 0 Å². The lowest BCUT2D eigenvalue weighted by atomic mass is 10.1. The van der Waals surface area contributed by atoms with Crippen molar-refractivity contribution in [3.8, 4) is 11.5 Å². The Bertz CT molecular complexity index is 713. The summed E-state index contributed by atoms with van der Waals surface area (Å²) in [6.07, 6.45) is 1.64. The monoisotopic (exact) mass is 320 g/mol. The summed E-state index contributed by atoms with van der Waals surface area (Å²) < 4.78 is 15.3. The maximum atomic E-state index is 12.1. The van der Waals surface area contributed by atoms with Crippen LogP contribution in [0.15, 0.2) is 28.9 Å². The molecule has 0 bridgehead atoms. The van der Waals surface area contributed by atoms with Gasteiger partial charge in [-0.25, -0.2) is 4.99 Å². The molecule has 0 spiro atoms. The normalized spacial score (nSPS) is 17.9. The predicted octanol–water partition coefficient (Wildman–Crippen LogP) is 1.80. The Labute approximate surface area is 130 Å². The average molecular weight is 320 g/mol. The van der Waals surface area contributed by atoms with E-state index in [1.807, 2.05) is 0 Å². The largest absolute Gasteiger partial charge is 0.454 e. The molecule has 3 rings (SSSR count). The van der Waals surface area contributed by atoms with E-state index >= 15 is 0 Å². The number of likely N-dealkylation sites (N-methyl/N-ethyl adjacent to an activating group) is 1. The molecule has 2 aliphatic rings. The topological polar surface area (TPSA) is 77.4 Å². The van der Waals surface area contributed by atoms with Crippen LogP contribution in [0.25, 0.3) is 6.08 Å². The van der Waals surface area contributed by atoms with Crippen molar-refractivity contribution in [2.45, 2.75) is 6.92 Å². The summed E-state index contributed by atoms with van der Waals surface area (Å²) in [7, 11) is 1.57. The molecular weight excluding hydrogens is 308 g/mol. The van der Waals surface area contributed by atoms with Gasteiger partial charge in [0.25, 0.3) is 5.91 Å². The van der Waals surface area contributed by atoms with Crippen molar-refractivity contribution in [3.05, 3.63) is 29.5 Å². The van der Waals surface area contributed by atoms with Crippen LogP contribution in [0.5, 0.6) is 11.5 Å². The fraction of sp³-hybridized carbons (Fsp3) is 0.214. The molecule has 22 heavy (non-hydrogen) atoms. The fourth-order valence-electron chi connectivity index (χ4n) is 1.91. The highest BCUT2D eigenvalue weighted by Gasteiger charge is 2.28. The van der Waals surface area contributed by atoms with E-state index in [1.165, 1.54) is 11.8 Å². The van der Waals surface area contributed by atoms with Gasteiger partial charge in [-0.3, -0.25) is 14.5 Å². The van der Waals surface area contributed by atoms with E-state index in [-0.39, 0.29) is 18.4 Å². The standard InChI is InChI=1S/C14H12N2O5S/c1-8(17)21-22-14-15-10(13(18)16(14)2)5-9-3-4-11-12(6-9)20-7-19-11/h3-6H,7H2,1-2H3/b10-5-. The predicted molar refractivity (Wildman–Crippen MR) is 80.1 cm³/mol. The highest BCUT2D eigenvalue weighted by atomic mass is 32.2. The van der Waals surface area contributed by atoms with Crippen LogP contribution < -0.4 is 9.47 Å². The van der Waals surface area contributed by atoms with Crippen molar-refractivity contribution in [2.75, 3.05) is 13.8 Å². The van der Waals surface area contributed by atoms with Gasteiger partial charge in [-0.05, 0) is 23.8 Å². The van der Waals surface area contributed by atoms with Gasteiger partial charge in [0.15, 0.2) is 11.5 Å². The summed E-state index contributed by atoms with van der Waals surface area (Å²) in [6.45, 7) is 1.48. The molecule has 0 atom stereocenters. The van der Waals surface area contributed by atoms with E-state index in [2.05, 4.69) is 4.99 Å². The molecule has 0 saturated carbocycles. The van der Waals surface area contributed by atoms with Crippen LogP contribution in [-0.2, 0) is 13.8 Å². The molecule has 0 N–H and O–H groups in total. The summed E-state index contributed by atoms with van der Waals surface area (Å²) in [6, 6.07) is 5.35. The number of carbonyl (C=O) groups is 2. The number of benzene rings is 1. The van der Waals surface area contributed by atoms with Crippen LogP contribution in [0.1, 0.15) is 12.5 Å². The first kappa shape index (κ1) is 14.5. The summed E-state index contributed by atoms with van der Waals surface area (Å²) >= 11 is 0.758. The third-order valence-corrected chi connectivity index (χ3v) is 3.79. The minimum absolute atomic E-state index is 0.193. The van der Waals surface area contributed by atoms with Crippen molar-refractivity contribution in [1.29, 1.82) is 0 Å². The average Bonchev–Trinajstić information content (AvgIpc) is 3.05. The number of amides is 1. The Balaban J connectivity index is 1.84. The van der Waals surface area contributed by atoms with Gasteiger partial charge in [0, 0.05) is 14.0 Å². The molecule has 2 aliphatic heterocycles. The Hall–Kier alpha value is -2.48. The van der Waals surface area contributed by atoms with Crippen LogP contribution in [0.3, 0.4) is 0 Å². The molecule has 0 unspecified atom stereocenters. The van der Waals surface area contributed by atoms with E-state index in [0.717, 1.165) is 17.6 Å². The molecule has 0 radical (unpaired) electrons. The Kier molecular flexibility index (Phi) is 3.76. The first-order valence-electron chi connectivity index (χ1n) is 6.38. The van der Waals surface area contributed by atoms with Gasteiger partial charge in [-0.1, -0.05) is 6.07 Å². The zero-order valence-corrected chi connectivity index (χ0v) is 12.7. The number of ether oxygens (including phenoxy) is 2. The molecule has 0 aliphatic carbocycles. The highest BCUT2D eigenvalue weighted by molar-refractivity contribution is 8.10. The molecule has 1 aromatic carbocycles. The summed E-state index contributed by atoms with van der Waals surface area (Å²) in [5.74, 6) is 0.576. The van der Waals surface area contributed by atoms with Crippen molar-refractivity contribution < 1.29 is 23.2 Å². The highest BCUT2D eigenvalue weighted by Crippen LogP contribution is 2.33. The van der Waals surface area contributed by atoms with Crippen LogP contribution in [-0.4, -0.2) is 35.8 Å². The lowest BCUT2D eigenvalue weighted by molar-refractivity contribution is -0.130.